The van der Waals surface area contributed by atoms with Gasteiger partial charge in [-0.3, -0.25) is 0 Å². The highest BCUT2D eigenvalue weighted by atomic mass is 127. The first-order chi connectivity index (χ1) is 6.25. The van der Waals surface area contributed by atoms with E-state index >= 15 is 0 Å². The summed E-state index contributed by atoms with van der Waals surface area (Å²) in [6.07, 6.45) is 2.65. The van der Waals surface area contributed by atoms with Crippen LogP contribution in [0.15, 0.2) is 18.2 Å². The summed E-state index contributed by atoms with van der Waals surface area (Å²) in [5.41, 5.74) is 6.43. The van der Waals surface area contributed by atoms with Crippen molar-refractivity contribution < 1.29 is 4.74 Å². The van der Waals surface area contributed by atoms with Crippen LogP contribution in [-0.2, 0) is 0 Å². The van der Waals surface area contributed by atoms with Gasteiger partial charge in [-0.2, -0.15) is 0 Å². The van der Waals surface area contributed by atoms with Crippen molar-refractivity contribution >= 4 is 28.3 Å². The van der Waals surface area contributed by atoms with Crippen LogP contribution in [0.2, 0.25) is 0 Å². The molecule has 0 atom stereocenters. The van der Waals surface area contributed by atoms with Crippen LogP contribution < -0.4 is 10.5 Å². The third-order valence-electron chi connectivity index (χ3n) is 2.13. The van der Waals surface area contributed by atoms with E-state index in [0.29, 0.717) is 0 Å². The fourth-order valence-electron chi connectivity index (χ4n) is 1.13. The zero-order chi connectivity index (χ0) is 9.26. The number of ether oxygens (including phenoxy) is 1. The predicted molar refractivity (Wildman–Crippen MR) is 61.8 cm³/mol. The normalized spacial score (nSPS) is 15.8. The Morgan fingerprint density at radius 1 is 1.46 bits per heavy atom. The predicted octanol–water partition coefficient (Wildman–Crippen LogP) is 2.66. The number of anilines is 1. The van der Waals surface area contributed by atoms with Gasteiger partial charge in [-0.1, -0.05) is 0 Å². The molecule has 0 spiro atoms. The fourth-order valence-corrected chi connectivity index (χ4v) is 1.82. The van der Waals surface area contributed by atoms with Crippen LogP contribution in [0, 0.1) is 9.49 Å². The lowest BCUT2D eigenvalue weighted by Crippen LogP contribution is -2.00. The first-order valence-corrected chi connectivity index (χ1v) is 5.51. The van der Waals surface area contributed by atoms with Crippen molar-refractivity contribution in [2.24, 2.45) is 5.92 Å². The summed E-state index contributed by atoms with van der Waals surface area (Å²) in [6.45, 7) is 0.861. The summed E-state index contributed by atoms with van der Waals surface area (Å²) >= 11 is 2.25. The second-order valence-corrected chi connectivity index (χ2v) is 4.61. The van der Waals surface area contributed by atoms with Crippen LogP contribution in [0.5, 0.6) is 5.75 Å². The number of nitrogen functional groups attached to an aromatic ring is 1. The van der Waals surface area contributed by atoms with Crippen molar-refractivity contribution in [1.82, 2.24) is 0 Å². The molecule has 2 N–H and O–H groups in total. The Labute approximate surface area is 91.6 Å². The van der Waals surface area contributed by atoms with Gasteiger partial charge in [0, 0.05) is 5.69 Å². The highest BCUT2D eigenvalue weighted by Gasteiger charge is 2.22. The van der Waals surface area contributed by atoms with Crippen LogP contribution in [0.3, 0.4) is 0 Å². The Morgan fingerprint density at radius 2 is 2.23 bits per heavy atom. The van der Waals surface area contributed by atoms with Gasteiger partial charge in [0.05, 0.1) is 10.2 Å². The first kappa shape index (κ1) is 9.12. The Kier molecular flexibility index (Phi) is 2.62. The second-order valence-electron chi connectivity index (χ2n) is 3.44. The number of rotatable bonds is 3. The van der Waals surface area contributed by atoms with E-state index in [9.17, 15) is 0 Å². The number of nitrogens with two attached hydrogens (primary N) is 1. The summed E-state index contributed by atoms with van der Waals surface area (Å²) in [7, 11) is 0. The van der Waals surface area contributed by atoms with Crippen molar-refractivity contribution in [1.29, 1.82) is 0 Å². The molecule has 0 aromatic heterocycles. The Balaban J connectivity index is 2.01. The number of hydrogen-bond acceptors (Lipinski definition) is 2. The highest BCUT2D eigenvalue weighted by molar-refractivity contribution is 14.1. The molecule has 0 bridgehead atoms. The highest BCUT2D eigenvalue weighted by Crippen LogP contribution is 2.31. The van der Waals surface area contributed by atoms with Crippen LogP contribution in [0.25, 0.3) is 0 Å². The lowest BCUT2D eigenvalue weighted by Gasteiger charge is -2.07. The molecule has 0 heterocycles. The molecule has 1 aromatic carbocycles. The number of hydrogen-bond donors (Lipinski definition) is 1. The molecule has 0 unspecified atom stereocenters. The average Bonchev–Trinajstić information content (AvgIpc) is 2.86. The van der Waals surface area contributed by atoms with Crippen molar-refractivity contribution in [3.8, 4) is 5.75 Å². The van der Waals surface area contributed by atoms with E-state index in [-0.39, 0.29) is 0 Å². The molecule has 1 aliphatic rings. The van der Waals surface area contributed by atoms with E-state index < -0.39 is 0 Å². The largest absolute Gasteiger partial charge is 0.492 e. The molecule has 0 amide bonds. The molecule has 3 heteroatoms. The molecular weight excluding hydrogens is 277 g/mol. The molecule has 1 aliphatic carbocycles. The maximum Gasteiger partial charge on any atom is 0.132 e. The minimum atomic E-state index is 0.795. The monoisotopic (exact) mass is 289 g/mol. The Bertz CT molecular complexity index is 310. The Hall–Kier alpha value is -0.450. The van der Waals surface area contributed by atoms with Gasteiger partial charge >= 0.3 is 0 Å². The van der Waals surface area contributed by atoms with Crippen LogP contribution in [0.4, 0.5) is 5.69 Å². The van der Waals surface area contributed by atoms with Gasteiger partial charge < -0.3 is 10.5 Å². The molecule has 0 radical (unpaired) electrons. The van der Waals surface area contributed by atoms with Gasteiger partial charge in [0.1, 0.15) is 5.75 Å². The van der Waals surface area contributed by atoms with Crippen LogP contribution >= 0.6 is 22.6 Å². The summed E-state index contributed by atoms with van der Waals surface area (Å²) in [5, 5.41) is 0. The third-order valence-corrected chi connectivity index (χ3v) is 2.97. The molecule has 1 saturated carbocycles. The zero-order valence-electron chi connectivity index (χ0n) is 7.29. The SMILES string of the molecule is Nc1ccc(OCC2CC2)c(I)c1. The van der Waals surface area contributed by atoms with Gasteiger partial charge in [-0.25, -0.2) is 0 Å². The standard InChI is InChI=1S/C10H12INO/c11-9-5-8(12)3-4-10(9)13-6-7-1-2-7/h3-5,7H,1-2,6,12H2. The lowest BCUT2D eigenvalue weighted by molar-refractivity contribution is 0.298. The van der Waals surface area contributed by atoms with Crippen LogP contribution in [-0.4, -0.2) is 6.61 Å². The van der Waals surface area contributed by atoms with Gasteiger partial charge in [0.25, 0.3) is 0 Å². The maximum absolute atomic E-state index is 5.65. The fraction of sp³-hybridized carbons (Fsp3) is 0.400. The molecule has 2 rings (SSSR count). The van der Waals surface area contributed by atoms with E-state index in [0.717, 1.165) is 27.5 Å². The molecule has 2 nitrogen and oxygen atoms in total. The molecule has 1 aromatic rings. The molecule has 0 saturated heterocycles. The van der Waals surface area contributed by atoms with Crippen molar-refractivity contribution in [2.45, 2.75) is 12.8 Å². The van der Waals surface area contributed by atoms with Crippen LogP contribution in [0.1, 0.15) is 12.8 Å². The summed E-state index contributed by atoms with van der Waals surface area (Å²) in [4.78, 5) is 0. The van der Waals surface area contributed by atoms with E-state index in [4.69, 9.17) is 10.5 Å². The number of halogens is 1. The van der Waals surface area contributed by atoms with Gasteiger partial charge in [-0.05, 0) is 59.5 Å². The molecule has 13 heavy (non-hydrogen) atoms. The van der Waals surface area contributed by atoms with Crippen molar-refractivity contribution in [3.05, 3.63) is 21.8 Å². The van der Waals surface area contributed by atoms with E-state index in [2.05, 4.69) is 22.6 Å². The number of benzene rings is 1. The van der Waals surface area contributed by atoms with E-state index in [1.165, 1.54) is 12.8 Å². The first-order valence-electron chi connectivity index (χ1n) is 4.43. The minimum Gasteiger partial charge on any atom is -0.492 e. The average molecular weight is 289 g/mol. The minimum absolute atomic E-state index is 0.795. The van der Waals surface area contributed by atoms with E-state index in [1.54, 1.807) is 0 Å². The van der Waals surface area contributed by atoms with Crippen molar-refractivity contribution in [3.63, 3.8) is 0 Å². The third kappa shape index (κ3) is 2.49. The quantitative estimate of drug-likeness (QED) is 0.686. The van der Waals surface area contributed by atoms with Gasteiger partial charge in [-0.15, -0.1) is 0 Å². The molecular formula is C10H12INO. The zero-order valence-corrected chi connectivity index (χ0v) is 9.45. The summed E-state index contributed by atoms with van der Waals surface area (Å²) in [6, 6.07) is 5.76. The van der Waals surface area contributed by atoms with E-state index in [1.807, 2.05) is 18.2 Å². The summed E-state index contributed by atoms with van der Waals surface area (Å²) < 4.78 is 6.75. The van der Waals surface area contributed by atoms with Gasteiger partial charge in [0.2, 0.25) is 0 Å². The summed E-state index contributed by atoms with van der Waals surface area (Å²) in [5.74, 6) is 1.76. The second kappa shape index (κ2) is 3.74. The topological polar surface area (TPSA) is 35.2 Å². The Morgan fingerprint density at radius 3 is 2.85 bits per heavy atom. The molecule has 70 valence electrons. The molecule has 0 aliphatic heterocycles. The van der Waals surface area contributed by atoms with Gasteiger partial charge in [0.15, 0.2) is 0 Å². The molecule has 1 fully saturated rings. The smallest absolute Gasteiger partial charge is 0.132 e. The maximum atomic E-state index is 5.65. The van der Waals surface area contributed by atoms with Crippen molar-refractivity contribution in [2.75, 3.05) is 12.3 Å². The lowest BCUT2D eigenvalue weighted by atomic mass is 10.3.